The molecular weight excluding hydrogens is 428 g/mol. The molecule has 0 radical (unpaired) electrons. The molecule has 0 bridgehead atoms. The average Bonchev–Trinajstić information content (AvgIpc) is 3.49. The third kappa shape index (κ3) is 4.50. The van der Waals surface area contributed by atoms with Gasteiger partial charge < -0.3 is 15.2 Å². The van der Waals surface area contributed by atoms with Crippen LogP contribution >= 0.6 is 23.1 Å². The van der Waals surface area contributed by atoms with E-state index < -0.39 is 0 Å². The predicted molar refractivity (Wildman–Crippen MR) is 128 cm³/mol. The molecule has 8 heteroatoms. The fourth-order valence-electron chi connectivity index (χ4n) is 4.54. The zero-order valence-corrected chi connectivity index (χ0v) is 19.0. The molecule has 1 aliphatic heterocycles. The Labute approximate surface area is 189 Å². The second kappa shape index (κ2) is 9.04. The fraction of sp³-hybridized carbons (Fsp3) is 0.435. The van der Waals surface area contributed by atoms with Crippen molar-refractivity contribution in [2.75, 3.05) is 30.3 Å². The number of hydrogen-bond donors (Lipinski definition) is 2. The summed E-state index contributed by atoms with van der Waals surface area (Å²) in [5, 5.41) is 3.86. The van der Waals surface area contributed by atoms with E-state index in [1.54, 1.807) is 11.3 Å². The minimum absolute atomic E-state index is 0.0337. The van der Waals surface area contributed by atoms with E-state index in [-0.39, 0.29) is 11.5 Å². The Morgan fingerprint density at radius 2 is 2.16 bits per heavy atom. The molecule has 1 unspecified atom stereocenters. The highest BCUT2D eigenvalue weighted by Crippen LogP contribution is 2.34. The average molecular weight is 455 g/mol. The lowest BCUT2D eigenvalue weighted by Crippen LogP contribution is -2.32. The number of nitrogens with one attached hydrogen (secondary N) is 2. The molecule has 2 N–H and O–H groups in total. The van der Waals surface area contributed by atoms with Crippen molar-refractivity contribution in [3.63, 3.8) is 0 Å². The van der Waals surface area contributed by atoms with Crippen molar-refractivity contribution >= 4 is 44.9 Å². The Balaban J connectivity index is 1.08. The topological polar surface area (TPSA) is 78.1 Å². The van der Waals surface area contributed by atoms with Gasteiger partial charge in [0, 0.05) is 30.2 Å². The van der Waals surface area contributed by atoms with E-state index in [2.05, 4.69) is 44.5 Å². The number of aromatic nitrogens is 2. The number of fused-ring (bicyclic) bond motifs is 3. The first-order chi connectivity index (χ1) is 15.2. The first-order valence-corrected chi connectivity index (χ1v) is 12.8. The first kappa shape index (κ1) is 20.6. The van der Waals surface area contributed by atoms with Crippen molar-refractivity contribution < 1.29 is 4.79 Å². The number of aromatic amines is 1. The molecule has 2 aliphatic rings. The van der Waals surface area contributed by atoms with Crippen LogP contribution < -0.4 is 15.8 Å². The van der Waals surface area contributed by atoms with Gasteiger partial charge in [-0.1, -0.05) is 18.2 Å². The number of carbonyl (C=O) groups excluding carboxylic acids is 1. The van der Waals surface area contributed by atoms with Crippen molar-refractivity contribution in [3.05, 3.63) is 57.0 Å². The van der Waals surface area contributed by atoms with Crippen molar-refractivity contribution in [3.8, 4) is 0 Å². The van der Waals surface area contributed by atoms with Gasteiger partial charge >= 0.3 is 0 Å². The zero-order chi connectivity index (χ0) is 21.2. The molecular formula is C23H26N4O2S2. The van der Waals surface area contributed by atoms with Crippen molar-refractivity contribution in [2.45, 2.75) is 31.4 Å². The van der Waals surface area contributed by atoms with Crippen LogP contribution in [0.2, 0.25) is 0 Å². The summed E-state index contributed by atoms with van der Waals surface area (Å²) >= 11 is 3.14. The second-order valence-electron chi connectivity index (χ2n) is 8.28. The maximum Gasteiger partial charge on any atom is 0.259 e. The number of thioether (sulfide) groups is 1. The number of rotatable bonds is 7. The van der Waals surface area contributed by atoms with Crippen LogP contribution in [0.1, 0.15) is 29.1 Å². The number of thiophene rings is 1. The lowest BCUT2D eigenvalue weighted by Gasteiger charge is -2.18. The van der Waals surface area contributed by atoms with Gasteiger partial charge in [-0.05, 0) is 49.3 Å². The lowest BCUT2D eigenvalue weighted by atomic mass is 10.1. The summed E-state index contributed by atoms with van der Waals surface area (Å²) in [5.41, 5.74) is 2.42. The Hall–Kier alpha value is -2.32. The Kier molecular flexibility index (Phi) is 6.00. The molecule has 31 heavy (non-hydrogen) atoms. The number of H-pyrrole nitrogens is 1. The van der Waals surface area contributed by atoms with Gasteiger partial charge in [-0.3, -0.25) is 9.59 Å². The lowest BCUT2D eigenvalue weighted by molar-refractivity contribution is -0.118. The molecule has 1 aromatic carbocycles. The number of benzene rings is 1. The van der Waals surface area contributed by atoms with Gasteiger partial charge in [0.15, 0.2) is 0 Å². The molecule has 3 heterocycles. The summed E-state index contributed by atoms with van der Waals surface area (Å²) in [5.74, 6) is 2.09. The van der Waals surface area contributed by atoms with Gasteiger partial charge in [0.2, 0.25) is 5.91 Å². The molecule has 1 saturated heterocycles. The highest BCUT2D eigenvalue weighted by atomic mass is 32.2. The molecule has 1 fully saturated rings. The van der Waals surface area contributed by atoms with Crippen molar-refractivity contribution in [1.82, 2.24) is 15.3 Å². The number of nitrogens with zero attached hydrogens (tertiary/aromatic N) is 2. The number of aryl methyl sites for hydroxylation is 2. The Morgan fingerprint density at radius 1 is 1.29 bits per heavy atom. The number of anilines is 1. The van der Waals surface area contributed by atoms with E-state index in [1.165, 1.54) is 27.9 Å². The summed E-state index contributed by atoms with van der Waals surface area (Å²) in [6, 6.07) is 10.4. The standard InChI is InChI=1S/C23H26N4O2S2/c28-20(24-11-15-9-10-27(12-15)16-5-2-1-3-6-16)14-30-13-19-25-22(29)21-17-7-4-8-18(17)31-23(21)26-19/h1-3,5-6,15H,4,7-14H2,(H,24,28)(H,25,26,29). The monoisotopic (exact) mass is 454 g/mol. The smallest absolute Gasteiger partial charge is 0.259 e. The van der Waals surface area contributed by atoms with Gasteiger partial charge in [0.05, 0.1) is 16.9 Å². The summed E-state index contributed by atoms with van der Waals surface area (Å²) in [6.45, 7) is 2.73. The summed E-state index contributed by atoms with van der Waals surface area (Å²) in [6.07, 6.45) is 4.27. The highest BCUT2D eigenvalue weighted by molar-refractivity contribution is 7.99. The normalized spacial score (nSPS) is 17.9. The summed E-state index contributed by atoms with van der Waals surface area (Å²) in [4.78, 5) is 36.9. The van der Waals surface area contributed by atoms with Crippen LogP contribution in [0.3, 0.4) is 0 Å². The van der Waals surface area contributed by atoms with Crippen LogP contribution in [0, 0.1) is 5.92 Å². The van der Waals surface area contributed by atoms with Crippen LogP contribution in [0.4, 0.5) is 5.69 Å². The molecule has 2 aromatic heterocycles. The van der Waals surface area contributed by atoms with Gasteiger partial charge in [0.1, 0.15) is 10.7 Å². The molecule has 162 valence electrons. The molecule has 3 aromatic rings. The number of amides is 1. The number of para-hydroxylation sites is 1. The van der Waals surface area contributed by atoms with Crippen molar-refractivity contribution in [1.29, 1.82) is 0 Å². The van der Waals surface area contributed by atoms with Crippen LogP contribution in [0.15, 0.2) is 35.1 Å². The van der Waals surface area contributed by atoms with E-state index >= 15 is 0 Å². The van der Waals surface area contributed by atoms with E-state index in [4.69, 9.17) is 0 Å². The van der Waals surface area contributed by atoms with E-state index in [1.807, 2.05) is 6.07 Å². The largest absolute Gasteiger partial charge is 0.371 e. The van der Waals surface area contributed by atoms with Gasteiger partial charge in [0.25, 0.3) is 5.56 Å². The molecule has 5 rings (SSSR count). The van der Waals surface area contributed by atoms with Crippen LogP contribution in [-0.2, 0) is 23.4 Å². The minimum Gasteiger partial charge on any atom is -0.371 e. The predicted octanol–water partition coefficient (Wildman–Crippen LogP) is 3.35. The maximum absolute atomic E-state index is 12.5. The van der Waals surface area contributed by atoms with Crippen LogP contribution in [-0.4, -0.2) is 41.3 Å². The Morgan fingerprint density at radius 3 is 3.03 bits per heavy atom. The zero-order valence-electron chi connectivity index (χ0n) is 17.4. The molecule has 1 amide bonds. The third-order valence-corrected chi connectivity index (χ3v) is 8.22. The van der Waals surface area contributed by atoms with Gasteiger partial charge in [-0.15, -0.1) is 23.1 Å². The SMILES string of the molecule is O=C(CSCc1nc2sc3c(c2c(=O)[nH]1)CCC3)NCC1CCN(c2ccccc2)C1. The maximum atomic E-state index is 12.5. The summed E-state index contributed by atoms with van der Waals surface area (Å²) in [7, 11) is 0. The molecule has 1 aliphatic carbocycles. The Bertz CT molecular complexity index is 1140. The first-order valence-electron chi connectivity index (χ1n) is 10.9. The van der Waals surface area contributed by atoms with Crippen molar-refractivity contribution in [2.24, 2.45) is 5.92 Å². The van der Waals surface area contributed by atoms with E-state index in [0.29, 0.717) is 29.8 Å². The van der Waals surface area contributed by atoms with Gasteiger partial charge in [-0.25, -0.2) is 4.98 Å². The van der Waals surface area contributed by atoms with E-state index in [9.17, 15) is 9.59 Å². The molecule has 0 saturated carbocycles. The van der Waals surface area contributed by atoms with Crippen LogP contribution in [0.25, 0.3) is 10.2 Å². The fourth-order valence-corrected chi connectivity index (χ4v) is 6.54. The third-order valence-electron chi connectivity index (χ3n) is 6.09. The number of carbonyl (C=O) groups is 1. The minimum atomic E-state index is -0.0337. The van der Waals surface area contributed by atoms with Gasteiger partial charge in [-0.2, -0.15) is 0 Å². The molecule has 6 nitrogen and oxygen atoms in total. The molecule has 0 spiro atoms. The van der Waals surface area contributed by atoms with Crippen LogP contribution in [0.5, 0.6) is 0 Å². The number of hydrogen-bond acceptors (Lipinski definition) is 6. The molecule has 1 atom stereocenters. The summed E-state index contributed by atoms with van der Waals surface area (Å²) < 4.78 is 0. The highest BCUT2D eigenvalue weighted by Gasteiger charge is 2.23. The van der Waals surface area contributed by atoms with E-state index in [0.717, 1.165) is 49.0 Å². The second-order valence-corrected chi connectivity index (χ2v) is 10.4. The quantitative estimate of drug-likeness (QED) is 0.573.